The van der Waals surface area contributed by atoms with Crippen molar-refractivity contribution in [3.05, 3.63) is 27.7 Å². The van der Waals surface area contributed by atoms with Crippen LogP contribution in [0.3, 0.4) is 0 Å². The van der Waals surface area contributed by atoms with E-state index in [1.54, 1.807) is 7.11 Å². The lowest BCUT2D eigenvalue weighted by molar-refractivity contribution is 0.111. The highest BCUT2D eigenvalue weighted by atomic mass is 79.9. The molecule has 3 rings (SSSR count). The van der Waals surface area contributed by atoms with Crippen LogP contribution in [-0.2, 0) is 12.8 Å². The summed E-state index contributed by atoms with van der Waals surface area (Å²) in [5.41, 5.74) is 2.90. The molecule has 0 saturated carbocycles. The maximum absolute atomic E-state index is 5.54. The Labute approximate surface area is 117 Å². The molecule has 0 radical (unpaired) electrons. The molecule has 0 aromatic heterocycles. The number of hydrogen-bond acceptors (Lipinski definition) is 2. The molecule has 0 N–H and O–H groups in total. The minimum atomic E-state index is 0.703. The zero-order valence-electron chi connectivity index (χ0n) is 11.1. The fraction of sp³-hybridized carbons (Fsp3) is 0.600. The number of ether oxygens (including phenoxy) is 1. The number of benzene rings is 1. The van der Waals surface area contributed by atoms with Gasteiger partial charge in [-0.1, -0.05) is 15.9 Å². The predicted octanol–water partition coefficient (Wildman–Crippen LogP) is 3.27. The van der Waals surface area contributed by atoms with E-state index in [2.05, 4.69) is 40.0 Å². The Morgan fingerprint density at radius 1 is 1.28 bits per heavy atom. The number of fused-ring (bicyclic) bond motifs is 2. The van der Waals surface area contributed by atoms with E-state index in [0.29, 0.717) is 6.04 Å². The van der Waals surface area contributed by atoms with Crippen LogP contribution >= 0.6 is 15.9 Å². The summed E-state index contributed by atoms with van der Waals surface area (Å²) in [7, 11) is 4.05. The standard InChI is InChI=1S/C15H20BrNO/c1-17-7-3-4-10-8-11-12(9-14(10)17)15(18-2)6-5-13(11)16/h5-6,10,14H,3-4,7-9H2,1-2H3. The van der Waals surface area contributed by atoms with Gasteiger partial charge < -0.3 is 9.64 Å². The van der Waals surface area contributed by atoms with Crippen LogP contribution in [0.5, 0.6) is 5.75 Å². The Bertz CT molecular complexity index is 460. The summed E-state index contributed by atoms with van der Waals surface area (Å²) in [6.45, 7) is 1.24. The quantitative estimate of drug-likeness (QED) is 0.789. The van der Waals surface area contributed by atoms with Gasteiger partial charge in [-0.3, -0.25) is 0 Å². The summed E-state index contributed by atoms with van der Waals surface area (Å²) in [6, 6.07) is 4.92. The van der Waals surface area contributed by atoms with Crippen LogP contribution in [0.4, 0.5) is 0 Å². The Kier molecular flexibility index (Phi) is 3.37. The number of methoxy groups -OCH3 is 1. The molecule has 2 aliphatic rings. The number of hydrogen-bond donors (Lipinski definition) is 0. The number of likely N-dealkylation sites (N-methyl/N-ethyl adjacent to an activating group) is 1. The van der Waals surface area contributed by atoms with E-state index < -0.39 is 0 Å². The number of piperidine rings is 1. The van der Waals surface area contributed by atoms with E-state index in [-0.39, 0.29) is 0 Å². The minimum Gasteiger partial charge on any atom is -0.496 e. The number of halogens is 1. The molecule has 0 bridgehead atoms. The zero-order chi connectivity index (χ0) is 12.7. The molecule has 1 aliphatic carbocycles. The summed E-state index contributed by atoms with van der Waals surface area (Å²) >= 11 is 3.71. The van der Waals surface area contributed by atoms with Crippen molar-refractivity contribution in [3.63, 3.8) is 0 Å². The van der Waals surface area contributed by atoms with Gasteiger partial charge in [0.1, 0.15) is 5.75 Å². The van der Waals surface area contributed by atoms with Crippen molar-refractivity contribution in [2.24, 2.45) is 5.92 Å². The summed E-state index contributed by atoms with van der Waals surface area (Å²) < 4.78 is 6.80. The highest BCUT2D eigenvalue weighted by Gasteiger charge is 2.35. The van der Waals surface area contributed by atoms with Crippen LogP contribution in [0.1, 0.15) is 24.0 Å². The van der Waals surface area contributed by atoms with Gasteiger partial charge in [-0.15, -0.1) is 0 Å². The van der Waals surface area contributed by atoms with Crippen molar-refractivity contribution in [2.45, 2.75) is 31.7 Å². The maximum Gasteiger partial charge on any atom is 0.122 e. The highest BCUT2D eigenvalue weighted by Crippen LogP contribution is 2.40. The molecule has 18 heavy (non-hydrogen) atoms. The molecule has 1 aromatic carbocycles. The molecule has 1 heterocycles. The molecule has 3 heteroatoms. The first-order valence-corrected chi connectivity index (χ1v) is 7.54. The van der Waals surface area contributed by atoms with Crippen LogP contribution in [0.2, 0.25) is 0 Å². The number of likely N-dealkylation sites (tertiary alicyclic amines) is 1. The van der Waals surface area contributed by atoms with Gasteiger partial charge in [0.15, 0.2) is 0 Å². The minimum absolute atomic E-state index is 0.703. The van der Waals surface area contributed by atoms with Crippen LogP contribution in [0.15, 0.2) is 16.6 Å². The van der Waals surface area contributed by atoms with E-state index in [1.807, 2.05) is 0 Å². The molecule has 2 unspecified atom stereocenters. The second-order valence-corrected chi connectivity index (χ2v) is 6.42. The van der Waals surface area contributed by atoms with Gasteiger partial charge in [0.2, 0.25) is 0 Å². The third-order valence-corrected chi connectivity index (χ3v) is 5.37. The molecule has 1 fully saturated rings. The third-order valence-electron chi connectivity index (χ3n) is 4.63. The van der Waals surface area contributed by atoms with Gasteiger partial charge in [-0.25, -0.2) is 0 Å². The summed E-state index contributed by atoms with van der Waals surface area (Å²) in [5.74, 6) is 1.88. The predicted molar refractivity (Wildman–Crippen MR) is 77.2 cm³/mol. The van der Waals surface area contributed by atoms with Gasteiger partial charge in [-0.2, -0.15) is 0 Å². The van der Waals surface area contributed by atoms with Crippen molar-refractivity contribution in [1.29, 1.82) is 0 Å². The van der Waals surface area contributed by atoms with E-state index in [0.717, 1.165) is 18.1 Å². The fourth-order valence-electron chi connectivity index (χ4n) is 3.63. The SMILES string of the molecule is COc1ccc(Br)c2c1CC1C(CCCN1C)C2. The number of nitrogens with zero attached hydrogens (tertiary/aromatic N) is 1. The van der Waals surface area contributed by atoms with E-state index in [9.17, 15) is 0 Å². The molecule has 1 aromatic rings. The topological polar surface area (TPSA) is 12.5 Å². The third kappa shape index (κ3) is 1.97. The Balaban J connectivity index is 2.01. The molecular weight excluding hydrogens is 290 g/mol. The maximum atomic E-state index is 5.54. The van der Waals surface area contributed by atoms with Gasteiger partial charge in [0.25, 0.3) is 0 Å². The van der Waals surface area contributed by atoms with E-state index in [1.165, 1.54) is 41.4 Å². The second kappa shape index (κ2) is 4.86. The van der Waals surface area contributed by atoms with Crippen molar-refractivity contribution < 1.29 is 4.74 Å². The number of rotatable bonds is 1. The van der Waals surface area contributed by atoms with E-state index in [4.69, 9.17) is 4.74 Å². The van der Waals surface area contributed by atoms with Gasteiger partial charge in [0, 0.05) is 10.5 Å². The average Bonchev–Trinajstić information content (AvgIpc) is 2.39. The Hall–Kier alpha value is -0.540. The van der Waals surface area contributed by atoms with Gasteiger partial charge >= 0.3 is 0 Å². The first kappa shape index (κ1) is 12.5. The molecule has 0 spiro atoms. The molecule has 1 aliphatic heterocycles. The van der Waals surface area contributed by atoms with Crippen molar-refractivity contribution in [3.8, 4) is 5.75 Å². The largest absolute Gasteiger partial charge is 0.496 e. The van der Waals surface area contributed by atoms with Crippen LogP contribution in [0.25, 0.3) is 0 Å². The summed E-state index contributed by atoms with van der Waals surface area (Å²) in [4.78, 5) is 2.54. The Morgan fingerprint density at radius 2 is 2.11 bits per heavy atom. The molecule has 2 nitrogen and oxygen atoms in total. The highest BCUT2D eigenvalue weighted by molar-refractivity contribution is 9.10. The molecular formula is C15H20BrNO. The van der Waals surface area contributed by atoms with Gasteiger partial charge in [0.05, 0.1) is 7.11 Å². The lowest BCUT2D eigenvalue weighted by Gasteiger charge is -2.43. The first-order chi connectivity index (χ1) is 8.70. The fourth-order valence-corrected chi connectivity index (χ4v) is 4.16. The zero-order valence-corrected chi connectivity index (χ0v) is 12.7. The Morgan fingerprint density at radius 3 is 2.89 bits per heavy atom. The monoisotopic (exact) mass is 309 g/mol. The average molecular weight is 310 g/mol. The summed E-state index contributed by atoms with van der Waals surface area (Å²) in [5, 5.41) is 0. The van der Waals surface area contributed by atoms with Crippen LogP contribution in [-0.4, -0.2) is 31.6 Å². The molecule has 2 atom stereocenters. The summed E-state index contributed by atoms with van der Waals surface area (Å²) in [6.07, 6.45) is 5.05. The van der Waals surface area contributed by atoms with Gasteiger partial charge in [-0.05, 0) is 68.5 Å². The smallest absolute Gasteiger partial charge is 0.122 e. The second-order valence-electron chi connectivity index (χ2n) is 5.57. The molecule has 98 valence electrons. The van der Waals surface area contributed by atoms with E-state index >= 15 is 0 Å². The molecule has 1 saturated heterocycles. The lowest BCUT2D eigenvalue weighted by atomic mass is 9.75. The van der Waals surface area contributed by atoms with Crippen molar-refractivity contribution in [1.82, 2.24) is 4.90 Å². The van der Waals surface area contributed by atoms with Crippen molar-refractivity contribution in [2.75, 3.05) is 20.7 Å². The first-order valence-electron chi connectivity index (χ1n) is 6.75. The van der Waals surface area contributed by atoms with Crippen LogP contribution in [0, 0.1) is 5.92 Å². The normalized spacial score (nSPS) is 27.5. The van der Waals surface area contributed by atoms with Crippen molar-refractivity contribution >= 4 is 15.9 Å². The van der Waals surface area contributed by atoms with Crippen LogP contribution < -0.4 is 4.74 Å². The molecule has 0 amide bonds. The lowest BCUT2D eigenvalue weighted by Crippen LogP contribution is -2.47.